The van der Waals surface area contributed by atoms with Gasteiger partial charge in [-0.2, -0.15) is 8.42 Å². The molecular formula is C22H20N2O5S2. The first kappa shape index (κ1) is 21.2. The predicted octanol–water partition coefficient (Wildman–Crippen LogP) is 4.30. The highest BCUT2D eigenvalue weighted by atomic mass is 32.2. The van der Waals surface area contributed by atoms with E-state index >= 15 is 0 Å². The lowest BCUT2D eigenvalue weighted by atomic mass is 10.1. The summed E-state index contributed by atoms with van der Waals surface area (Å²) in [5.41, 5.74) is 2.95. The minimum absolute atomic E-state index is 0.282. The van der Waals surface area contributed by atoms with Crippen LogP contribution in [-0.4, -0.2) is 37.3 Å². The molecule has 0 bridgehead atoms. The van der Waals surface area contributed by atoms with Crippen molar-refractivity contribution in [1.82, 2.24) is 4.98 Å². The van der Waals surface area contributed by atoms with E-state index in [2.05, 4.69) is 4.98 Å². The van der Waals surface area contributed by atoms with E-state index in [1.807, 2.05) is 52.7 Å². The van der Waals surface area contributed by atoms with Crippen molar-refractivity contribution in [3.05, 3.63) is 70.4 Å². The van der Waals surface area contributed by atoms with Gasteiger partial charge in [-0.3, -0.25) is 4.55 Å². The Morgan fingerprint density at radius 1 is 1.13 bits per heavy atom. The van der Waals surface area contributed by atoms with E-state index in [1.165, 1.54) is 11.3 Å². The first-order chi connectivity index (χ1) is 14.8. The molecule has 0 unspecified atom stereocenters. The number of fused-ring (bicyclic) bond motifs is 1. The molecule has 2 heterocycles. The maximum Gasteiger partial charge on any atom is 0.346 e. The lowest BCUT2D eigenvalue weighted by molar-refractivity contribution is 0.481. The zero-order valence-electron chi connectivity index (χ0n) is 16.7. The Hall–Kier alpha value is -3.01. The second-order valence-corrected chi connectivity index (χ2v) is 9.56. The van der Waals surface area contributed by atoms with Crippen LogP contribution in [0.1, 0.15) is 6.42 Å². The van der Waals surface area contributed by atoms with Gasteiger partial charge in [0.2, 0.25) is 0 Å². The number of anilines is 1. The molecule has 2 aromatic carbocycles. The van der Waals surface area contributed by atoms with E-state index in [-0.39, 0.29) is 12.2 Å². The predicted molar refractivity (Wildman–Crippen MR) is 123 cm³/mol. The second kappa shape index (κ2) is 8.62. The van der Waals surface area contributed by atoms with Gasteiger partial charge in [-0.15, -0.1) is 11.3 Å². The number of rotatable bonds is 7. The number of thiazole rings is 1. The van der Waals surface area contributed by atoms with Crippen molar-refractivity contribution in [2.45, 2.75) is 6.42 Å². The highest BCUT2D eigenvalue weighted by molar-refractivity contribution is 7.85. The average molecular weight is 457 g/mol. The van der Waals surface area contributed by atoms with Crippen molar-refractivity contribution < 1.29 is 17.4 Å². The van der Waals surface area contributed by atoms with Crippen molar-refractivity contribution in [3.63, 3.8) is 0 Å². The molecule has 160 valence electrons. The van der Waals surface area contributed by atoms with E-state index in [0.717, 1.165) is 22.3 Å². The van der Waals surface area contributed by atoms with Crippen LogP contribution >= 0.6 is 11.3 Å². The maximum absolute atomic E-state index is 12.6. The molecule has 0 aliphatic heterocycles. The molecule has 0 atom stereocenters. The molecule has 0 aliphatic rings. The molecule has 0 aliphatic carbocycles. The molecule has 4 rings (SSSR count). The molecule has 0 spiro atoms. The molecule has 0 amide bonds. The van der Waals surface area contributed by atoms with Crippen LogP contribution in [0.15, 0.2) is 69.2 Å². The van der Waals surface area contributed by atoms with Crippen LogP contribution in [0.25, 0.3) is 32.8 Å². The van der Waals surface area contributed by atoms with Gasteiger partial charge in [0.05, 0.1) is 17.0 Å². The molecule has 4 aromatic rings. The topological polar surface area (TPSA) is 101 Å². The van der Waals surface area contributed by atoms with Crippen molar-refractivity contribution in [1.29, 1.82) is 0 Å². The summed E-state index contributed by atoms with van der Waals surface area (Å²) < 4.78 is 36.2. The molecule has 9 heteroatoms. The number of hydrogen-bond acceptors (Lipinski definition) is 7. The van der Waals surface area contributed by atoms with Crippen LogP contribution in [0.4, 0.5) is 5.69 Å². The van der Waals surface area contributed by atoms with Gasteiger partial charge in [-0.25, -0.2) is 9.78 Å². The van der Waals surface area contributed by atoms with Gasteiger partial charge in [0.25, 0.3) is 10.1 Å². The normalized spacial score (nSPS) is 11.7. The van der Waals surface area contributed by atoms with Crippen LogP contribution < -0.4 is 10.5 Å². The van der Waals surface area contributed by atoms with Gasteiger partial charge in [0.1, 0.15) is 10.6 Å². The van der Waals surface area contributed by atoms with Crippen LogP contribution in [0.3, 0.4) is 0 Å². The number of aromatic nitrogens is 1. The number of nitrogens with zero attached hydrogens (tertiary/aromatic N) is 2. The van der Waals surface area contributed by atoms with Gasteiger partial charge in [-0.1, -0.05) is 30.3 Å². The second-order valence-electron chi connectivity index (χ2n) is 7.13. The first-order valence-electron chi connectivity index (χ1n) is 9.56. The molecular weight excluding hydrogens is 436 g/mol. The monoisotopic (exact) mass is 456 g/mol. The Bertz CT molecular complexity index is 1380. The van der Waals surface area contributed by atoms with Crippen LogP contribution in [0.2, 0.25) is 0 Å². The fourth-order valence-corrected chi connectivity index (χ4v) is 4.56. The van der Waals surface area contributed by atoms with E-state index < -0.39 is 15.7 Å². The summed E-state index contributed by atoms with van der Waals surface area (Å²) in [5.74, 6) is -0.303. The molecule has 0 saturated heterocycles. The third-order valence-corrected chi connectivity index (χ3v) is 6.54. The van der Waals surface area contributed by atoms with Crippen molar-refractivity contribution >= 4 is 38.1 Å². The Morgan fingerprint density at radius 2 is 1.90 bits per heavy atom. The van der Waals surface area contributed by atoms with Gasteiger partial charge in [-0.05, 0) is 24.6 Å². The van der Waals surface area contributed by atoms with Crippen LogP contribution in [0, 0.1) is 0 Å². The summed E-state index contributed by atoms with van der Waals surface area (Å²) in [6.07, 6.45) is 0.282. The number of hydrogen-bond donors (Lipinski definition) is 1. The van der Waals surface area contributed by atoms with E-state index in [0.29, 0.717) is 22.7 Å². The lowest BCUT2D eigenvalue weighted by Gasteiger charge is -2.19. The minimum Gasteiger partial charge on any atom is -0.422 e. The lowest BCUT2D eigenvalue weighted by Crippen LogP contribution is -2.21. The fourth-order valence-electron chi connectivity index (χ4n) is 3.24. The van der Waals surface area contributed by atoms with Gasteiger partial charge in [0.15, 0.2) is 0 Å². The summed E-state index contributed by atoms with van der Waals surface area (Å²) in [7, 11) is -2.18. The van der Waals surface area contributed by atoms with Crippen LogP contribution in [-0.2, 0) is 10.1 Å². The van der Waals surface area contributed by atoms with Gasteiger partial charge in [0, 0.05) is 41.7 Å². The highest BCUT2D eigenvalue weighted by Gasteiger charge is 2.14. The van der Waals surface area contributed by atoms with Crippen LogP contribution in [0.5, 0.6) is 0 Å². The molecule has 2 aromatic heterocycles. The standard InChI is InChI=1S/C22H20N2O5S2/c1-24(10-5-11-31(26,27)28)17-9-8-16-12-18(22(25)29-20(16)13-17)21-23-19(14-30-21)15-6-3-2-4-7-15/h2-4,6-9,12-14H,5,10-11H2,1H3,(H,26,27,28). The quantitative estimate of drug-likeness (QED) is 0.327. The summed E-state index contributed by atoms with van der Waals surface area (Å²) in [6.45, 7) is 0.426. The third-order valence-electron chi connectivity index (χ3n) is 4.86. The molecule has 0 saturated carbocycles. The van der Waals surface area contributed by atoms with Gasteiger partial charge >= 0.3 is 5.63 Å². The maximum atomic E-state index is 12.6. The molecule has 0 fully saturated rings. The zero-order valence-corrected chi connectivity index (χ0v) is 18.3. The Morgan fingerprint density at radius 3 is 2.65 bits per heavy atom. The van der Waals surface area contributed by atoms with Crippen molar-refractivity contribution in [2.75, 3.05) is 24.2 Å². The van der Waals surface area contributed by atoms with Crippen molar-refractivity contribution in [3.8, 4) is 21.8 Å². The first-order valence-corrected chi connectivity index (χ1v) is 12.0. The Kier molecular flexibility index (Phi) is 5.90. The molecule has 1 N–H and O–H groups in total. The smallest absolute Gasteiger partial charge is 0.346 e. The average Bonchev–Trinajstić information content (AvgIpc) is 3.22. The summed E-state index contributed by atoms with van der Waals surface area (Å²) in [6, 6.07) is 17.0. The van der Waals surface area contributed by atoms with E-state index in [9.17, 15) is 13.2 Å². The molecule has 0 radical (unpaired) electrons. The summed E-state index contributed by atoms with van der Waals surface area (Å²) in [5, 5.41) is 3.28. The van der Waals surface area contributed by atoms with E-state index in [4.69, 9.17) is 8.97 Å². The van der Waals surface area contributed by atoms with Crippen molar-refractivity contribution in [2.24, 2.45) is 0 Å². The number of benzene rings is 2. The molecule has 7 nitrogen and oxygen atoms in total. The van der Waals surface area contributed by atoms with E-state index in [1.54, 1.807) is 19.2 Å². The summed E-state index contributed by atoms with van der Waals surface area (Å²) in [4.78, 5) is 19.1. The zero-order chi connectivity index (χ0) is 22.0. The SMILES string of the molecule is CN(CCCS(=O)(=O)O)c1ccc2cc(-c3nc(-c4ccccc4)cs3)c(=O)oc2c1. The van der Waals surface area contributed by atoms with Gasteiger partial charge < -0.3 is 9.32 Å². The highest BCUT2D eigenvalue weighted by Crippen LogP contribution is 2.29. The minimum atomic E-state index is -3.98. The Labute approximate surface area is 183 Å². The third kappa shape index (κ3) is 5.01. The fraction of sp³-hybridized carbons (Fsp3) is 0.182. The summed E-state index contributed by atoms with van der Waals surface area (Å²) >= 11 is 1.39. The largest absolute Gasteiger partial charge is 0.422 e. The molecule has 31 heavy (non-hydrogen) atoms. The Balaban J connectivity index is 1.59.